The highest BCUT2D eigenvalue weighted by Crippen LogP contribution is 2.11. The van der Waals surface area contributed by atoms with Gasteiger partial charge in [0.15, 0.2) is 0 Å². The molecule has 0 atom stereocenters. The Morgan fingerprint density at radius 3 is 2.60 bits per heavy atom. The Bertz CT molecular complexity index is 373. The molecule has 0 aliphatic carbocycles. The second kappa shape index (κ2) is 9.53. The number of hydrogen-bond donors (Lipinski definition) is 2. The molecule has 0 saturated carbocycles. The molecule has 0 spiro atoms. The molecule has 20 heavy (non-hydrogen) atoms. The Hall–Kier alpha value is -1.36. The van der Waals surface area contributed by atoms with Crippen molar-refractivity contribution in [1.29, 1.82) is 0 Å². The molecule has 1 aromatic heterocycles. The van der Waals surface area contributed by atoms with Crippen LogP contribution in [0.3, 0.4) is 0 Å². The van der Waals surface area contributed by atoms with Crippen LogP contribution in [0.25, 0.3) is 0 Å². The minimum Gasteiger partial charge on any atom is -0.338 e. The van der Waals surface area contributed by atoms with Crippen molar-refractivity contribution in [1.82, 2.24) is 15.1 Å². The van der Waals surface area contributed by atoms with E-state index in [0.29, 0.717) is 5.69 Å². The summed E-state index contributed by atoms with van der Waals surface area (Å²) >= 11 is 0. The van der Waals surface area contributed by atoms with Gasteiger partial charge < -0.3 is 11.1 Å². The maximum atomic E-state index is 11.8. The van der Waals surface area contributed by atoms with Crippen LogP contribution < -0.4 is 11.1 Å². The highest BCUT2D eigenvalue weighted by atomic mass is 16.2. The maximum Gasteiger partial charge on any atom is 0.272 e. The van der Waals surface area contributed by atoms with Crippen molar-refractivity contribution < 1.29 is 4.79 Å². The van der Waals surface area contributed by atoms with Gasteiger partial charge in [0.25, 0.3) is 5.91 Å². The Labute approximate surface area is 121 Å². The fourth-order valence-electron chi connectivity index (χ4n) is 2.21. The molecule has 5 heteroatoms. The van der Waals surface area contributed by atoms with Crippen molar-refractivity contribution in [2.45, 2.75) is 65.3 Å². The predicted molar refractivity (Wildman–Crippen MR) is 81.5 cm³/mol. The minimum absolute atomic E-state index is 0.146. The highest BCUT2D eigenvalue weighted by molar-refractivity contribution is 5.92. The SMILES string of the molecule is CCCCCc1cc(C(=O)NCN)nn1CCCCC. The molecule has 5 nitrogen and oxygen atoms in total. The summed E-state index contributed by atoms with van der Waals surface area (Å²) in [7, 11) is 0. The third kappa shape index (κ3) is 5.33. The predicted octanol–water partition coefficient (Wildman–Crippen LogP) is 2.45. The molecule has 0 aromatic carbocycles. The monoisotopic (exact) mass is 280 g/mol. The van der Waals surface area contributed by atoms with Crippen LogP contribution >= 0.6 is 0 Å². The van der Waals surface area contributed by atoms with Crippen LogP contribution in [0.15, 0.2) is 6.07 Å². The van der Waals surface area contributed by atoms with E-state index in [9.17, 15) is 4.79 Å². The van der Waals surface area contributed by atoms with Crippen LogP contribution in [0.4, 0.5) is 0 Å². The van der Waals surface area contributed by atoms with Gasteiger partial charge in [-0.15, -0.1) is 0 Å². The van der Waals surface area contributed by atoms with Gasteiger partial charge in [-0.2, -0.15) is 5.10 Å². The quantitative estimate of drug-likeness (QED) is 0.511. The van der Waals surface area contributed by atoms with Crippen LogP contribution in [0, 0.1) is 0 Å². The number of nitrogens with one attached hydrogen (secondary N) is 1. The summed E-state index contributed by atoms with van der Waals surface area (Å²) < 4.78 is 2.00. The first-order chi connectivity index (χ1) is 9.72. The van der Waals surface area contributed by atoms with Gasteiger partial charge in [0.05, 0.1) is 6.67 Å². The molecule has 1 aromatic rings. The van der Waals surface area contributed by atoms with E-state index in [1.807, 2.05) is 10.7 Å². The largest absolute Gasteiger partial charge is 0.338 e. The van der Waals surface area contributed by atoms with Crippen molar-refractivity contribution in [3.05, 3.63) is 17.5 Å². The van der Waals surface area contributed by atoms with Crippen LogP contribution in [-0.2, 0) is 13.0 Å². The number of amides is 1. The summed E-state index contributed by atoms with van der Waals surface area (Å²) in [6.07, 6.45) is 8.04. The Kier molecular flexibility index (Phi) is 7.95. The number of unbranched alkanes of at least 4 members (excludes halogenated alkanes) is 4. The number of aromatic nitrogens is 2. The van der Waals surface area contributed by atoms with E-state index >= 15 is 0 Å². The highest BCUT2D eigenvalue weighted by Gasteiger charge is 2.13. The molecule has 1 heterocycles. The summed E-state index contributed by atoms with van der Waals surface area (Å²) in [5, 5.41) is 7.03. The first kappa shape index (κ1) is 16.7. The summed E-state index contributed by atoms with van der Waals surface area (Å²) in [4.78, 5) is 11.8. The molecule has 0 fully saturated rings. The van der Waals surface area contributed by atoms with Crippen LogP contribution in [0.2, 0.25) is 0 Å². The van der Waals surface area contributed by atoms with Gasteiger partial charge in [-0.1, -0.05) is 39.5 Å². The summed E-state index contributed by atoms with van der Waals surface area (Å²) in [5.41, 5.74) is 6.99. The maximum absolute atomic E-state index is 11.8. The molecule has 1 rings (SSSR count). The third-order valence-electron chi connectivity index (χ3n) is 3.37. The summed E-state index contributed by atoms with van der Waals surface area (Å²) in [5.74, 6) is -0.182. The third-order valence-corrected chi connectivity index (χ3v) is 3.37. The number of carbonyl (C=O) groups is 1. The molecule has 0 unspecified atom stereocenters. The topological polar surface area (TPSA) is 72.9 Å². The van der Waals surface area contributed by atoms with Crippen molar-refractivity contribution >= 4 is 5.91 Å². The van der Waals surface area contributed by atoms with Gasteiger partial charge in [0.2, 0.25) is 0 Å². The van der Waals surface area contributed by atoms with Crippen molar-refractivity contribution in [2.24, 2.45) is 5.73 Å². The normalized spacial score (nSPS) is 10.8. The van der Waals surface area contributed by atoms with Crippen molar-refractivity contribution in [3.8, 4) is 0 Å². The standard InChI is InChI=1S/C15H28N4O/c1-3-5-7-9-13-11-14(15(20)17-12-16)18-19(13)10-8-6-4-2/h11H,3-10,12,16H2,1-2H3,(H,17,20). The second-order valence-corrected chi connectivity index (χ2v) is 5.12. The van der Waals surface area contributed by atoms with E-state index in [0.717, 1.165) is 31.5 Å². The Morgan fingerprint density at radius 2 is 1.95 bits per heavy atom. The lowest BCUT2D eigenvalue weighted by atomic mass is 10.1. The van der Waals surface area contributed by atoms with E-state index in [4.69, 9.17) is 5.73 Å². The van der Waals surface area contributed by atoms with E-state index in [2.05, 4.69) is 24.3 Å². The zero-order valence-electron chi connectivity index (χ0n) is 12.8. The summed E-state index contributed by atoms with van der Waals surface area (Å²) in [6, 6.07) is 1.91. The van der Waals surface area contributed by atoms with Gasteiger partial charge in [0.1, 0.15) is 5.69 Å². The molecule has 0 bridgehead atoms. The number of carbonyl (C=O) groups excluding carboxylic acids is 1. The zero-order chi connectivity index (χ0) is 14.8. The second-order valence-electron chi connectivity index (χ2n) is 5.12. The van der Waals surface area contributed by atoms with E-state index in [1.54, 1.807) is 0 Å². The Morgan fingerprint density at radius 1 is 1.25 bits per heavy atom. The summed E-state index contributed by atoms with van der Waals surface area (Å²) in [6.45, 7) is 5.42. The molecule has 0 saturated heterocycles. The van der Waals surface area contributed by atoms with Crippen LogP contribution in [-0.4, -0.2) is 22.4 Å². The molecule has 114 valence electrons. The average molecular weight is 280 g/mol. The number of nitrogens with two attached hydrogens (primary N) is 1. The average Bonchev–Trinajstić information content (AvgIpc) is 2.83. The lowest BCUT2D eigenvalue weighted by molar-refractivity contribution is 0.0949. The molecule has 0 aliphatic rings. The van der Waals surface area contributed by atoms with Gasteiger partial charge in [-0.3, -0.25) is 9.48 Å². The first-order valence-electron chi connectivity index (χ1n) is 7.77. The number of rotatable bonds is 10. The number of nitrogens with zero attached hydrogens (tertiary/aromatic N) is 2. The van der Waals surface area contributed by atoms with Crippen molar-refractivity contribution in [3.63, 3.8) is 0 Å². The fraction of sp³-hybridized carbons (Fsp3) is 0.733. The van der Waals surface area contributed by atoms with E-state index < -0.39 is 0 Å². The van der Waals surface area contributed by atoms with E-state index in [-0.39, 0.29) is 12.6 Å². The molecule has 0 radical (unpaired) electrons. The molecular weight excluding hydrogens is 252 g/mol. The van der Waals surface area contributed by atoms with Gasteiger partial charge >= 0.3 is 0 Å². The van der Waals surface area contributed by atoms with Crippen molar-refractivity contribution in [2.75, 3.05) is 6.67 Å². The first-order valence-corrected chi connectivity index (χ1v) is 7.77. The zero-order valence-corrected chi connectivity index (χ0v) is 12.8. The van der Waals surface area contributed by atoms with Crippen LogP contribution in [0.1, 0.15) is 68.6 Å². The lowest BCUT2D eigenvalue weighted by Crippen LogP contribution is -2.29. The molecular formula is C15H28N4O. The molecule has 3 N–H and O–H groups in total. The Balaban J connectivity index is 2.72. The smallest absolute Gasteiger partial charge is 0.272 e. The number of hydrogen-bond acceptors (Lipinski definition) is 3. The van der Waals surface area contributed by atoms with Gasteiger partial charge in [-0.05, 0) is 25.3 Å². The van der Waals surface area contributed by atoms with Gasteiger partial charge in [0, 0.05) is 12.2 Å². The van der Waals surface area contributed by atoms with Gasteiger partial charge in [-0.25, -0.2) is 0 Å². The number of aryl methyl sites for hydroxylation is 2. The molecule has 1 amide bonds. The van der Waals surface area contributed by atoms with E-state index in [1.165, 1.54) is 25.7 Å². The molecule has 0 aliphatic heterocycles. The minimum atomic E-state index is -0.182. The van der Waals surface area contributed by atoms with Crippen LogP contribution in [0.5, 0.6) is 0 Å². The lowest BCUT2D eigenvalue weighted by Gasteiger charge is -2.06. The fourth-order valence-corrected chi connectivity index (χ4v) is 2.21.